The Morgan fingerprint density at radius 1 is 1.23 bits per heavy atom. The van der Waals surface area contributed by atoms with Crippen molar-refractivity contribution in [2.24, 2.45) is 0 Å². The fourth-order valence-electron chi connectivity index (χ4n) is 4.36. The van der Waals surface area contributed by atoms with E-state index in [2.05, 4.69) is 16.9 Å². The van der Waals surface area contributed by atoms with Crippen LogP contribution < -0.4 is 4.90 Å². The predicted octanol–water partition coefficient (Wildman–Crippen LogP) is 4.37. The summed E-state index contributed by atoms with van der Waals surface area (Å²) in [5.74, 6) is -0.972. The molecule has 0 aliphatic carbocycles. The third kappa shape index (κ3) is 4.48. The number of rotatable bonds is 5. The molecular weight excluding hydrogens is 396 g/mol. The first-order chi connectivity index (χ1) is 14.5. The number of hydrogen-bond donors (Lipinski definition) is 1. The average molecular weight is 431 g/mol. The van der Waals surface area contributed by atoms with Crippen molar-refractivity contribution < 1.29 is 19.4 Å². The molecule has 1 fully saturated rings. The minimum absolute atomic E-state index is 0.218. The SMILES string of the molecule is CCn1cc2c(N3CCC(CC)(N(C)C(=O)OC(C)(C)C)CC3)ccc(C(=O)O)c2n1. The Balaban J connectivity index is 1.85. The van der Waals surface area contributed by atoms with Gasteiger partial charge in [0.15, 0.2) is 0 Å². The number of aromatic nitrogens is 2. The largest absolute Gasteiger partial charge is 0.478 e. The molecular formula is C23H34N4O4. The van der Waals surface area contributed by atoms with Gasteiger partial charge in [-0.05, 0) is 59.1 Å². The zero-order valence-electron chi connectivity index (χ0n) is 19.4. The van der Waals surface area contributed by atoms with Crippen LogP contribution in [0.4, 0.5) is 10.5 Å². The van der Waals surface area contributed by atoms with Crippen molar-refractivity contribution in [2.75, 3.05) is 25.0 Å². The van der Waals surface area contributed by atoms with Gasteiger partial charge < -0.3 is 19.6 Å². The van der Waals surface area contributed by atoms with Gasteiger partial charge in [-0.1, -0.05) is 6.92 Å². The number of anilines is 1. The number of carboxylic acids is 1. The zero-order chi connectivity index (χ0) is 23.0. The highest BCUT2D eigenvalue weighted by molar-refractivity contribution is 6.06. The standard InChI is InChI=1S/C23H34N4O4/c1-7-23(25(6)21(30)31-22(3,4)5)11-13-26(14-12-23)18-10-9-16(20(28)29)19-17(18)15-27(8-2)24-19/h9-10,15H,7-8,11-14H2,1-6H3,(H,28,29). The number of aromatic carboxylic acids is 1. The van der Waals surface area contributed by atoms with E-state index in [1.54, 1.807) is 15.6 Å². The van der Waals surface area contributed by atoms with Crippen LogP contribution in [-0.4, -0.2) is 63.1 Å². The van der Waals surface area contributed by atoms with Crippen molar-refractivity contribution in [2.45, 2.75) is 71.6 Å². The summed E-state index contributed by atoms with van der Waals surface area (Å²) < 4.78 is 7.38. The molecule has 1 aromatic heterocycles. The van der Waals surface area contributed by atoms with Gasteiger partial charge in [0.2, 0.25) is 0 Å². The van der Waals surface area contributed by atoms with Gasteiger partial charge in [-0.3, -0.25) is 4.68 Å². The Morgan fingerprint density at radius 2 is 1.87 bits per heavy atom. The number of amides is 1. The van der Waals surface area contributed by atoms with Crippen LogP contribution in [0.1, 0.15) is 64.2 Å². The predicted molar refractivity (Wildman–Crippen MR) is 121 cm³/mol. The quantitative estimate of drug-likeness (QED) is 0.758. The number of carboxylic acid groups (broad SMARTS) is 1. The van der Waals surface area contributed by atoms with E-state index in [-0.39, 0.29) is 17.2 Å². The molecule has 0 saturated carbocycles. The molecule has 1 aromatic carbocycles. The number of fused-ring (bicyclic) bond motifs is 1. The van der Waals surface area contributed by atoms with Crippen molar-refractivity contribution >= 4 is 28.7 Å². The number of nitrogens with zero attached hydrogens (tertiary/aromatic N) is 4. The number of carbonyl (C=O) groups excluding carboxylic acids is 1. The number of hydrogen-bond acceptors (Lipinski definition) is 5. The lowest BCUT2D eigenvalue weighted by atomic mass is 9.83. The molecule has 0 radical (unpaired) electrons. The van der Waals surface area contributed by atoms with Gasteiger partial charge in [0.05, 0.1) is 5.56 Å². The second kappa shape index (κ2) is 8.40. The lowest BCUT2D eigenvalue weighted by molar-refractivity contribution is -0.00183. The summed E-state index contributed by atoms with van der Waals surface area (Å²) in [5, 5.41) is 14.9. The number of aryl methyl sites for hydroxylation is 1. The molecule has 2 aromatic rings. The summed E-state index contributed by atoms with van der Waals surface area (Å²) in [6, 6.07) is 3.52. The summed E-state index contributed by atoms with van der Waals surface area (Å²) in [4.78, 5) is 28.4. The molecule has 3 rings (SSSR count). The first kappa shape index (κ1) is 22.9. The second-order valence-electron chi connectivity index (χ2n) is 9.29. The molecule has 1 aliphatic rings. The highest BCUT2D eigenvalue weighted by atomic mass is 16.6. The van der Waals surface area contributed by atoms with E-state index in [0.717, 1.165) is 43.4 Å². The van der Waals surface area contributed by atoms with Gasteiger partial charge in [-0.2, -0.15) is 5.10 Å². The maximum Gasteiger partial charge on any atom is 0.410 e. The maximum absolute atomic E-state index is 12.7. The van der Waals surface area contributed by atoms with E-state index in [1.165, 1.54) is 0 Å². The molecule has 0 bridgehead atoms. The third-order valence-electron chi connectivity index (χ3n) is 6.33. The number of benzene rings is 1. The average Bonchev–Trinajstić information content (AvgIpc) is 3.15. The van der Waals surface area contributed by atoms with Crippen molar-refractivity contribution in [3.05, 3.63) is 23.9 Å². The van der Waals surface area contributed by atoms with Crippen molar-refractivity contribution in [3.63, 3.8) is 0 Å². The van der Waals surface area contributed by atoms with E-state index >= 15 is 0 Å². The maximum atomic E-state index is 12.7. The Morgan fingerprint density at radius 3 is 2.39 bits per heavy atom. The second-order valence-corrected chi connectivity index (χ2v) is 9.29. The summed E-state index contributed by atoms with van der Waals surface area (Å²) in [6.07, 6.45) is 4.09. The van der Waals surface area contributed by atoms with Gasteiger partial charge in [0.25, 0.3) is 0 Å². The molecule has 8 nitrogen and oxygen atoms in total. The van der Waals surface area contributed by atoms with Crippen LogP contribution in [0.25, 0.3) is 10.9 Å². The van der Waals surface area contributed by atoms with Gasteiger partial charge >= 0.3 is 12.1 Å². The third-order valence-corrected chi connectivity index (χ3v) is 6.33. The first-order valence-electron chi connectivity index (χ1n) is 11.0. The molecule has 2 heterocycles. The van der Waals surface area contributed by atoms with Gasteiger partial charge in [0.1, 0.15) is 11.1 Å². The van der Waals surface area contributed by atoms with E-state index < -0.39 is 11.6 Å². The van der Waals surface area contributed by atoms with Crippen LogP contribution in [0.3, 0.4) is 0 Å². The Kier molecular flexibility index (Phi) is 6.21. The monoisotopic (exact) mass is 430 g/mol. The molecule has 8 heteroatoms. The fraction of sp³-hybridized carbons (Fsp3) is 0.609. The highest BCUT2D eigenvalue weighted by Crippen LogP contribution is 2.37. The van der Waals surface area contributed by atoms with Gasteiger partial charge in [-0.25, -0.2) is 9.59 Å². The summed E-state index contributed by atoms with van der Waals surface area (Å²) in [5.41, 5.74) is 0.940. The van der Waals surface area contributed by atoms with Crippen LogP contribution in [0, 0.1) is 0 Å². The molecule has 31 heavy (non-hydrogen) atoms. The zero-order valence-corrected chi connectivity index (χ0v) is 19.4. The smallest absolute Gasteiger partial charge is 0.410 e. The Labute approximate surface area is 183 Å². The van der Waals surface area contributed by atoms with Crippen molar-refractivity contribution in [1.29, 1.82) is 0 Å². The molecule has 170 valence electrons. The van der Waals surface area contributed by atoms with E-state index in [9.17, 15) is 14.7 Å². The van der Waals surface area contributed by atoms with Crippen molar-refractivity contribution in [1.82, 2.24) is 14.7 Å². The van der Waals surface area contributed by atoms with Crippen LogP contribution in [0.2, 0.25) is 0 Å². The van der Waals surface area contributed by atoms with Crippen LogP contribution >= 0.6 is 0 Å². The minimum atomic E-state index is -0.972. The normalized spacial score (nSPS) is 16.4. The molecule has 1 aliphatic heterocycles. The van der Waals surface area contributed by atoms with Gasteiger partial charge in [-0.15, -0.1) is 0 Å². The number of piperidine rings is 1. The Bertz CT molecular complexity index is 968. The minimum Gasteiger partial charge on any atom is -0.478 e. The summed E-state index contributed by atoms with van der Waals surface area (Å²) in [7, 11) is 1.83. The summed E-state index contributed by atoms with van der Waals surface area (Å²) >= 11 is 0. The first-order valence-corrected chi connectivity index (χ1v) is 11.0. The van der Waals surface area contributed by atoms with Crippen molar-refractivity contribution in [3.8, 4) is 0 Å². The molecule has 1 N–H and O–H groups in total. The molecule has 0 atom stereocenters. The molecule has 0 spiro atoms. The Hall–Kier alpha value is -2.77. The topological polar surface area (TPSA) is 87.9 Å². The number of carbonyl (C=O) groups is 2. The highest BCUT2D eigenvalue weighted by Gasteiger charge is 2.41. The lowest BCUT2D eigenvalue weighted by Gasteiger charge is -2.47. The van der Waals surface area contributed by atoms with E-state index in [1.807, 2.05) is 47.0 Å². The number of ether oxygens (including phenoxy) is 1. The van der Waals surface area contributed by atoms with Gasteiger partial charge in [0, 0.05) is 49.5 Å². The fourth-order valence-corrected chi connectivity index (χ4v) is 4.36. The molecule has 1 saturated heterocycles. The van der Waals surface area contributed by atoms with Crippen LogP contribution in [-0.2, 0) is 11.3 Å². The lowest BCUT2D eigenvalue weighted by Crippen LogP contribution is -2.56. The van der Waals surface area contributed by atoms with Crippen LogP contribution in [0.15, 0.2) is 18.3 Å². The molecule has 1 amide bonds. The molecule has 0 unspecified atom stereocenters. The van der Waals surface area contributed by atoms with Crippen LogP contribution in [0.5, 0.6) is 0 Å². The summed E-state index contributed by atoms with van der Waals surface area (Å²) in [6.45, 7) is 11.9. The van der Waals surface area contributed by atoms with E-state index in [0.29, 0.717) is 12.1 Å². The van der Waals surface area contributed by atoms with E-state index in [4.69, 9.17) is 4.74 Å².